The highest BCUT2D eigenvalue weighted by Crippen LogP contribution is 2.30. The van der Waals surface area contributed by atoms with Gasteiger partial charge in [0.2, 0.25) is 0 Å². The van der Waals surface area contributed by atoms with Gasteiger partial charge >= 0.3 is 5.97 Å². The number of carboxylic acid groups (broad SMARTS) is 1. The quantitative estimate of drug-likeness (QED) is 0.807. The Morgan fingerprint density at radius 1 is 1.24 bits per heavy atom. The number of thioether (sulfide) groups is 1. The Hall–Kier alpha value is -1.65. The van der Waals surface area contributed by atoms with E-state index in [1.165, 1.54) is 0 Å². The minimum atomic E-state index is -0.820. The highest BCUT2D eigenvalue weighted by atomic mass is 35.5. The number of rotatable bonds is 6. The molecule has 0 fully saturated rings. The number of methoxy groups -OCH3 is 1. The van der Waals surface area contributed by atoms with Crippen molar-refractivity contribution in [3.63, 3.8) is 0 Å². The van der Waals surface area contributed by atoms with Gasteiger partial charge in [0.05, 0.1) is 13.5 Å². The molecule has 2 aromatic carbocycles. The number of carbonyl (C=O) groups is 1. The molecular formula is C16H15ClO3S. The summed E-state index contributed by atoms with van der Waals surface area (Å²) in [6, 6.07) is 13.1. The molecule has 0 aliphatic heterocycles. The van der Waals surface area contributed by atoms with E-state index in [1.807, 2.05) is 36.4 Å². The zero-order valence-corrected chi connectivity index (χ0v) is 13.1. The Morgan fingerprint density at radius 2 is 1.95 bits per heavy atom. The third-order valence-corrected chi connectivity index (χ3v) is 4.21. The normalized spacial score (nSPS) is 10.4. The molecule has 21 heavy (non-hydrogen) atoms. The molecule has 1 N–H and O–H groups in total. The lowest BCUT2D eigenvalue weighted by molar-refractivity contribution is -0.136. The summed E-state index contributed by atoms with van der Waals surface area (Å²) in [5.41, 5.74) is 1.83. The van der Waals surface area contributed by atoms with Crippen molar-refractivity contribution in [2.75, 3.05) is 7.11 Å². The van der Waals surface area contributed by atoms with Crippen molar-refractivity contribution in [1.29, 1.82) is 0 Å². The molecule has 0 unspecified atom stereocenters. The molecule has 110 valence electrons. The molecule has 0 aliphatic carbocycles. The smallest absolute Gasteiger partial charge is 0.307 e. The van der Waals surface area contributed by atoms with Crippen LogP contribution in [0.3, 0.4) is 0 Å². The van der Waals surface area contributed by atoms with Crippen molar-refractivity contribution in [2.24, 2.45) is 0 Å². The first-order chi connectivity index (χ1) is 10.1. The standard InChI is InChI=1S/C16H15ClO3S/c1-20-15-7-4-13(17)9-12(15)10-21-14-5-2-11(3-6-14)8-16(18)19/h2-7,9H,8,10H2,1H3,(H,18,19). The van der Waals surface area contributed by atoms with Crippen LogP contribution >= 0.6 is 23.4 Å². The second-order valence-corrected chi connectivity index (χ2v) is 5.94. The summed E-state index contributed by atoms with van der Waals surface area (Å²) in [4.78, 5) is 11.7. The lowest BCUT2D eigenvalue weighted by atomic mass is 10.2. The molecule has 0 heterocycles. The van der Waals surface area contributed by atoms with E-state index >= 15 is 0 Å². The van der Waals surface area contributed by atoms with Crippen molar-refractivity contribution < 1.29 is 14.6 Å². The van der Waals surface area contributed by atoms with Gasteiger partial charge in [0, 0.05) is 21.2 Å². The molecular weight excluding hydrogens is 308 g/mol. The maximum Gasteiger partial charge on any atom is 0.307 e. The van der Waals surface area contributed by atoms with Crippen LogP contribution in [-0.4, -0.2) is 18.2 Å². The fraction of sp³-hybridized carbons (Fsp3) is 0.188. The third kappa shape index (κ3) is 4.69. The van der Waals surface area contributed by atoms with E-state index in [4.69, 9.17) is 21.4 Å². The number of aliphatic carboxylic acids is 1. The van der Waals surface area contributed by atoms with E-state index in [0.29, 0.717) is 5.02 Å². The molecule has 0 aliphatic rings. The SMILES string of the molecule is COc1ccc(Cl)cc1CSc1ccc(CC(=O)O)cc1. The first kappa shape index (κ1) is 15.7. The Balaban J connectivity index is 2.03. The summed E-state index contributed by atoms with van der Waals surface area (Å²) in [7, 11) is 1.64. The van der Waals surface area contributed by atoms with Crippen molar-refractivity contribution in [2.45, 2.75) is 17.1 Å². The minimum Gasteiger partial charge on any atom is -0.496 e. The average Bonchev–Trinajstić information content (AvgIpc) is 2.46. The van der Waals surface area contributed by atoms with Crippen LogP contribution in [0.5, 0.6) is 5.75 Å². The molecule has 0 radical (unpaired) electrons. The molecule has 0 atom stereocenters. The van der Waals surface area contributed by atoms with Gasteiger partial charge in [0.15, 0.2) is 0 Å². The highest BCUT2D eigenvalue weighted by molar-refractivity contribution is 7.98. The van der Waals surface area contributed by atoms with Crippen molar-refractivity contribution in [3.05, 3.63) is 58.6 Å². The molecule has 0 saturated heterocycles. The number of ether oxygens (including phenoxy) is 1. The molecule has 5 heteroatoms. The van der Waals surface area contributed by atoms with Gasteiger partial charge in [-0.2, -0.15) is 0 Å². The van der Waals surface area contributed by atoms with E-state index in [0.717, 1.165) is 27.5 Å². The van der Waals surface area contributed by atoms with Gasteiger partial charge < -0.3 is 9.84 Å². The number of hydrogen-bond acceptors (Lipinski definition) is 3. The van der Waals surface area contributed by atoms with Crippen LogP contribution in [0.15, 0.2) is 47.4 Å². The maximum absolute atomic E-state index is 10.6. The van der Waals surface area contributed by atoms with E-state index in [2.05, 4.69) is 0 Å². The average molecular weight is 323 g/mol. The van der Waals surface area contributed by atoms with E-state index in [1.54, 1.807) is 24.9 Å². The summed E-state index contributed by atoms with van der Waals surface area (Å²) >= 11 is 7.66. The summed E-state index contributed by atoms with van der Waals surface area (Å²) in [6.07, 6.45) is 0.0487. The van der Waals surface area contributed by atoms with Crippen LogP contribution in [0.1, 0.15) is 11.1 Å². The van der Waals surface area contributed by atoms with Crippen LogP contribution in [0.2, 0.25) is 5.02 Å². The van der Waals surface area contributed by atoms with Gasteiger partial charge in [-0.25, -0.2) is 0 Å². The molecule has 0 saturated carbocycles. The Morgan fingerprint density at radius 3 is 2.57 bits per heavy atom. The largest absolute Gasteiger partial charge is 0.496 e. The third-order valence-electron chi connectivity index (χ3n) is 2.92. The molecule has 2 rings (SSSR count). The van der Waals surface area contributed by atoms with E-state index in [9.17, 15) is 4.79 Å². The predicted molar refractivity (Wildman–Crippen MR) is 85.3 cm³/mol. The van der Waals surface area contributed by atoms with Crippen molar-refractivity contribution in [1.82, 2.24) is 0 Å². The number of carboxylic acids is 1. The lowest BCUT2D eigenvalue weighted by Gasteiger charge is -2.09. The lowest BCUT2D eigenvalue weighted by Crippen LogP contribution is -1.99. The van der Waals surface area contributed by atoms with Gasteiger partial charge in [-0.05, 0) is 35.9 Å². The van der Waals surface area contributed by atoms with Gasteiger partial charge in [0.1, 0.15) is 5.75 Å². The van der Waals surface area contributed by atoms with Crippen LogP contribution in [-0.2, 0) is 17.0 Å². The zero-order valence-electron chi connectivity index (χ0n) is 11.5. The van der Waals surface area contributed by atoms with Gasteiger partial charge in [0.25, 0.3) is 0 Å². The zero-order chi connectivity index (χ0) is 15.2. The first-order valence-corrected chi connectivity index (χ1v) is 7.71. The van der Waals surface area contributed by atoms with Crippen LogP contribution in [0.25, 0.3) is 0 Å². The van der Waals surface area contributed by atoms with Crippen LogP contribution in [0.4, 0.5) is 0 Å². The minimum absolute atomic E-state index is 0.0487. The van der Waals surface area contributed by atoms with Gasteiger partial charge in [-0.1, -0.05) is 23.7 Å². The molecule has 0 aromatic heterocycles. The fourth-order valence-corrected chi connectivity index (χ4v) is 2.97. The topological polar surface area (TPSA) is 46.5 Å². The van der Waals surface area contributed by atoms with E-state index in [-0.39, 0.29) is 6.42 Å². The van der Waals surface area contributed by atoms with Crippen LogP contribution < -0.4 is 4.74 Å². The second kappa shape index (κ2) is 7.38. The Bertz CT molecular complexity index is 626. The molecule has 0 spiro atoms. The second-order valence-electron chi connectivity index (χ2n) is 4.46. The fourth-order valence-electron chi connectivity index (χ4n) is 1.90. The summed E-state index contributed by atoms with van der Waals surface area (Å²) in [5.74, 6) is 0.732. The van der Waals surface area contributed by atoms with Gasteiger partial charge in [-0.15, -0.1) is 11.8 Å². The monoisotopic (exact) mass is 322 g/mol. The Kier molecular flexibility index (Phi) is 5.53. The van der Waals surface area contributed by atoms with E-state index < -0.39 is 5.97 Å². The predicted octanol–water partition coefficient (Wildman–Crippen LogP) is 4.27. The highest BCUT2D eigenvalue weighted by Gasteiger charge is 2.05. The first-order valence-electron chi connectivity index (χ1n) is 6.34. The molecule has 3 nitrogen and oxygen atoms in total. The van der Waals surface area contributed by atoms with Crippen LogP contribution in [0, 0.1) is 0 Å². The molecule has 0 amide bonds. The van der Waals surface area contributed by atoms with Crippen molar-refractivity contribution >= 4 is 29.3 Å². The molecule has 2 aromatic rings. The maximum atomic E-state index is 10.6. The van der Waals surface area contributed by atoms with Crippen molar-refractivity contribution in [3.8, 4) is 5.75 Å². The summed E-state index contributed by atoms with van der Waals surface area (Å²) < 4.78 is 5.31. The number of benzene rings is 2. The molecule has 0 bridgehead atoms. The summed E-state index contributed by atoms with van der Waals surface area (Å²) in [5, 5.41) is 9.42. The Labute approximate surface area is 132 Å². The number of hydrogen-bond donors (Lipinski definition) is 1. The summed E-state index contributed by atoms with van der Waals surface area (Å²) in [6.45, 7) is 0. The number of halogens is 1. The van der Waals surface area contributed by atoms with Gasteiger partial charge in [-0.3, -0.25) is 4.79 Å².